The van der Waals surface area contributed by atoms with Crippen molar-refractivity contribution in [3.05, 3.63) is 46.7 Å². The number of carbonyl (C=O) groups excluding carboxylic acids is 1. The van der Waals surface area contributed by atoms with Crippen LogP contribution in [-0.4, -0.2) is 26.5 Å². The molecule has 1 saturated carbocycles. The van der Waals surface area contributed by atoms with Gasteiger partial charge in [0.1, 0.15) is 0 Å². The molecule has 25 heavy (non-hydrogen) atoms. The Bertz CT molecular complexity index is 943. The van der Waals surface area contributed by atoms with Crippen molar-refractivity contribution < 1.29 is 61.3 Å². The maximum Gasteiger partial charge on any atom is 1.00 e. The van der Waals surface area contributed by atoms with Crippen LogP contribution in [0.1, 0.15) is 24.3 Å². The predicted molar refractivity (Wildman–Crippen MR) is 94.3 cm³/mol. The molecule has 1 aromatic heterocycles. The van der Waals surface area contributed by atoms with Crippen LogP contribution in [0.3, 0.4) is 0 Å². The fourth-order valence-electron chi connectivity index (χ4n) is 2.92. The van der Waals surface area contributed by atoms with Crippen LogP contribution in [0.2, 0.25) is 0 Å². The second kappa shape index (κ2) is 8.20. The van der Waals surface area contributed by atoms with Crippen molar-refractivity contribution in [2.24, 2.45) is 0 Å². The standard InChI is InChI=1S/C17H14BrN3O2S.K/c18-16-19-20-17(24-9-15(22)23)21(16)14-8-7-11(10-5-6-10)12-3-1-2-4-13(12)14;/h1-4,7-8,10H,5-6,9H2,(H,22,23);/q;+1/p-1. The molecule has 122 valence electrons. The van der Waals surface area contributed by atoms with Gasteiger partial charge in [-0.15, -0.1) is 10.2 Å². The van der Waals surface area contributed by atoms with E-state index in [9.17, 15) is 9.90 Å². The van der Waals surface area contributed by atoms with E-state index in [2.05, 4.69) is 50.4 Å². The summed E-state index contributed by atoms with van der Waals surface area (Å²) in [6.45, 7) is 0. The Morgan fingerprint density at radius 2 is 1.92 bits per heavy atom. The molecule has 3 aromatic rings. The SMILES string of the molecule is O=C([O-])CSc1nnc(Br)n1-c1ccc(C2CC2)c2ccccc12.[K+]. The van der Waals surface area contributed by atoms with E-state index in [4.69, 9.17) is 0 Å². The number of aromatic nitrogens is 3. The number of fused-ring (bicyclic) bond motifs is 1. The second-order valence-electron chi connectivity index (χ2n) is 5.74. The Labute approximate surface area is 200 Å². The van der Waals surface area contributed by atoms with Crippen LogP contribution in [-0.2, 0) is 4.79 Å². The summed E-state index contributed by atoms with van der Waals surface area (Å²) in [5, 5.41) is 21.7. The van der Waals surface area contributed by atoms with Crippen LogP contribution in [0.4, 0.5) is 0 Å². The Kier molecular flexibility index (Phi) is 6.41. The minimum absolute atomic E-state index is 0. The largest absolute Gasteiger partial charge is 1.00 e. The summed E-state index contributed by atoms with van der Waals surface area (Å²) in [5.41, 5.74) is 2.32. The van der Waals surface area contributed by atoms with Crippen molar-refractivity contribution in [2.45, 2.75) is 23.9 Å². The summed E-state index contributed by atoms with van der Waals surface area (Å²) in [4.78, 5) is 10.8. The quantitative estimate of drug-likeness (QED) is 0.408. The number of thioether (sulfide) groups is 1. The van der Waals surface area contributed by atoms with E-state index in [-0.39, 0.29) is 57.1 Å². The van der Waals surface area contributed by atoms with Crippen LogP contribution in [0.25, 0.3) is 16.5 Å². The molecule has 0 radical (unpaired) electrons. The number of hydrogen-bond acceptors (Lipinski definition) is 5. The van der Waals surface area contributed by atoms with Crippen LogP contribution < -0.4 is 56.5 Å². The number of carbonyl (C=O) groups is 1. The van der Waals surface area contributed by atoms with Gasteiger partial charge in [0.2, 0.25) is 4.73 Å². The van der Waals surface area contributed by atoms with E-state index < -0.39 is 5.97 Å². The molecule has 0 spiro atoms. The molecule has 1 fully saturated rings. The van der Waals surface area contributed by atoms with Gasteiger partial charge in [0.25, 0.3) is 0 Å². The molecule has 2 aromatic carbocycles. The molecule has 0 aliphatic heterocycles. The maximum atomic E-state index is 10.8. The van der Waals surface area contributed by atoms with E-state index in [1.54, 1.807) is 0 Å². The molecule has 0 bridgehead atoms. The Morgan fingerprint density at radius 3 is 2.60 bits per heavy atom. The first kappa shape index (κ1) is 19.5. The van der Waals surface area contributed by atoms with Crippen LogP contribution >= 0.6 is 27.7 Å². The van der Waals surface area contributed by atoms with Gasteiger partial charge >= 0.3 is 51.4 Å². The third-order valence-corrected chi connectivity index (χ3v) is 5.52. The van der Waals surface area contributed by atoms with Gasteiger partial charge in [-0.3, -0.25) is 4.57 Å². The normalized spacial score (nSPS) is 13.6. The van der Waals surface area contributed by atoms with E-state index in [1.807, 2.05) is 16.7 Å². The number of carboxylic acid groups (broad SMARTS) is 1. The van der Waals surface area contributed by atoms with E-state index in [1.165, 1.54) is 23.8 Å². The molecule has 4 rings (SSSR count). The summed E-state index contributed by atoms with van der Waals surface area (Å²) < 4.78 is 2.39. The number of hydrogen-bond donors (Lipinski definition) is 0. The maximum absolute atomic E-state index is 10.8. The average molecular weight is 442 g/mol. The third kappa shape index (κ3) is 4.05. The summed E-state index contributed by atoms with van der Waals surface area (Å²) in [6.07, 6.45) is 2.48. The third-order valence-electron chi connectivity index (χ3n) is 4.11. The Balaban J connectivity index is 0.00000182. The molecular formula is C17H13BrKN3O2S. The molecule has 0 amide bonds. The van der Waals surface area contributed by atoms with Gasteiger partial charge in [-0.1, -0.05) is 42.1 Å². The molecule has 0 unspecified atom stereocenters. The van der Waals surface area contributed by atoms with Crippen molar-refractivity contribution in [3.63, 3.8) is 0 Å². The molecule has 0 atom stereocenters. The molecular weight excluding hydrogens is 429 g/mol. The van der Waals surface area contributed by atoms with Gasteiger partial charge in [-0.05, 0) is 51.7 Å². The number of aliphatic carboxylic acids is 1. The predicted octanol–water partition coefficient (Wildman–Crippen LogP) is -0.0936. The average Bonchev–Trinajstić information content (AvgIpc) is 3.35. The molecule has 8 heteroatoms. The van der Waals surface area contributed by atoms with Crippen molar-refractivity contribution in [1.29, 1.82) is 0 Å². The monoisotopic (exact) mass is 441 g/mol. The van der Waals surface area contributed by atoms with E-state index >= 15 is 0 Å². The fourth-order valence-corrected chi connectivity index (χ4v) is 4.14. The van der Waals surface area contributed by atoms with Gasteiger partial charge in [-0.25, -0.2) is 0 Å². The number of carboxylic acids is 1. The molecule has 0 saturated heterocycles. The summed E-state index contributed by atoms with van der Waals surface area (Å²) in [5.74, 6) is -0.636. The minimum Gasteiger partial charge on any atom is -0.549 e. The first-order chi connectivity index (χ1) is 11.6. The van der Waals surface area contributed by atoms with Gasteiger partial charge in [0.05, 0.1) is 11.7 Å². The van der Waals surface area contributed by atoms with Crippen LogP contribution in [0.15, 0.2) is 46.3 Å². The number of nitrogens with zero attached hydrogens (tertiary/aromatic N) is 3. The van der Waals surface area contributed by atoms with Gasteiger partial charge in [0, 0.05) is 11.1 Å². The smallest absolute Gasteiger partial charge is 0.549 e. The zero-order valence-electron chi connectivity index (χ0n) is 13.6. The molecule has 1 aliphatic carbocycles. The van der Waals surface area contributed by atoms with Gasteiger partial charge in [0.15, 0.2) is 5.16 Å². The first-order valence-electron chi connectivity index (χ1n) is 7.60. The Hall–Kier alpha value is -0.224. The van der Waals surface area contributed by atoms with Crippen LogP contribution in [0, 0.1) is 0 Å². The number of benzene rings is 2. The van der Waals surface area contributed by atoms with E-state index in [0.717, 1.165) is 22.8 Å². The zero-order chi connectivity index (χ0) is 16.7. The van der Waals surface area contributed by atoms with Crippen molar-refractivity contribution in [1.82, 2.24) is 14.8 Å². The van der Waals surface area contributed by atoms with Crippen LogP contribution in [0.5, 0.6) is 0 Å². The summed E-state index contributed by atoms with van der Waals surface area (Å²) in [7, 11) is 0. The number of rotatable bonds is 5. The molecule has 0 N–H and O–H groups in total. The fraction of sp³-hybridized carbons (Fsp3) is 0.235. The first-order valence-corrected chi connectivity index (χ1v) is 9.38. The van der Waals surface area contributed by atoms with Crippen molar-refractivity contribution >= 4 is 44.4 Å². The zero-order valence-corrected chi connectivity index (χ0v) is 19.1. The van der Waals surface area contributed by atoms with Crippen molar-refractivity contribution in [2.75, 3.05) is 5.75 Å². The van der Waals surface area contributed by atoms with E-state index in [0.29, 0.717) is 15.8 Å². The van der Waals surface area contributed by atoms with Gasteiger partial charge < -0.3 is 9.90 Å². The summed E-state index contributed by atoms with van der Waals surface area (Å²) in [6, 6.07) is 12.5. The summed E-state index contributed by atoms with van der Waals surface area (Å²) >= 11 is 4.52. The minimum atomic E-state index is -1.13. The van der Waals surface area contributed by atoms with Crippen molar-refractivity contribution in [3.8, 4) is 5.69 Å². The molecule has 1 heterocycles. The number of halogens is 1. The molecule has 1 aliphatic rings. The molecule has 5 nitrogen and oxygen atoms in total. The topological polar surface area (TPSA) is 70.8 Å². The Morgan fingerprint density at radius 1 is 1.20 bits per heavy atom. The second-order valence-corrected chi connectivity index (χ2v) is 7.39. The van der Waals surface area contributed by atoms with Gasteiger partial charge in [-0.2, -0.15) is 0 Å².